The van der Waals surface area contributed by atoms with E-state index in [4.69, 9.17) is 16.2 Å². The van der Waals surface area contributed by atoms with Crippen molar-refractivity contribution in [3.05, 3.63) is 89.5 Å². The van der Waals surface area contributed by atoms with E-state index in [-0.39, 0.29) is 22.4 Å². The highest BCUT2D eigenvalue weighted by molar-refractivity contribution is 6.16. The molecule has 3 aromatic carbocycles. The van der Waals surface area contributed by atoms with Gasteiger partial charge in [-0.15, -0.1) is 0 Å². The Hall–Kier alpha value is -4.54. The Labute approximate surface area is 215 Å². The summed E-state index contributed by atoms with van der Waals surface area (Å²) in [6.45, 7) is 0. The first kappa shape index (κ1) is 28.0. The standard InChI is InChI=1S/C27H24F4N2O5/c28-26(29)27(30,31)38-20-11-9-17(10-12-20)25(36)37-23-8-4-3-6-21(23)22(24(34)35)7-2-1-5-16-13-18(32)15-19(33)14-16/h3-4,6-15,26H,1-2,5,32-33H2,(H,34,35)/b22-7+. The second-order valence-corrected chi connectivity index (χ2v) is 8.20. The van der Waals surface area contributed by atoms with Gasteiger partial charge in [-0.2, -0.15) is 17.6 Å². The third-order valence-corrected chi connectivity index (χ3v) is 5.26. The van der Waals surface area contributed by atoms with Crippen LogP contribution in [0.25, 0.3) is 5.57 Å². The number of hydrogen-bond acceptors (Lipinski definition) is 6. The maximum Gasteiger partial charge on any atom is 0.461 e. The van der Waals surface area contributed by atoms with Crippen LogP contribution in [0.4, 0.5) is 28.9 Å². The van der Waals surface area contributed by atoms with Gasteiger partial charge in [0.1, 0.15) is 11.5 Å². The summed E-state index contributed by atoms with van der Waals surface area (Å²) in [4.78, 5) is 24.6. The number of benzene rings is 3. The summed E-state index contributed by atoms with van der Waals surface area (Å²) in [5.41, 5.74) is 13.5. The summed E-state index contributed by atoms with van der Waals surface area (Å²) in [7, 11) is 0. The average Bonchev–Trinajstić information content (AvgIpc) is 2.84. The van der Waals surface area contributed by atoms with E-state index in [9.17, 15) is 32.3 Å². The minimum atomic E-state index is -4.69. The number of rotatable bonds is 11. The lowest BCUT2D eigenvalue weighted by atomic mass is 10.0. The van der Waals surface area contributed by atoms with Crippen LogP contribution < -0.4 is 20.9 Å². The van der Waals surface area contributed by atoms with Crippen LogP contribution >= 0.6 is 0 Å². The van der Waals surface area contributed by atoms with Crippen LogP contribution in [0.5, 0.6) is 11.5 Å². The molecule has 0 heterocycles. The molecule has 0 saturated carbocycles. The summed E-state index contributed by atoms with van der Waals surface area (Å²) in [5, 5.41) is 9.78. The zero-order valence-electron chi connectivity index (χ0n) is 19.9. The molecular weight excluding hydrogens is 508 g/mol. The van der Waals surface area contributed by atoms with Gasteiger partial charge in [-0.3, -0.25) is 0 Å². The Morgan fingerprint density at radius 2 is 1.61 bits per heavy atom. The Morgan fingerprint density at radius 1 is 0.974 bits per heavy atom. The van der Waals surface area contributed by atoms with E-state index in [1.807, 2.05) is 0 Å². The zero-order chi connectivity index (χ0) is 27.9. The SMILES string of the molecule is Nc1cc(N)cc(CCC/C=C(/C(=O)O)c2ccccc2OC(=O)c2ccc(OC(F)(F)C(F)F)cc2)c1. The molecule has 38 heavy (non-hydrogen) atoms. The summed E-state index contributed by atoms with van der Waals surface area (Å²) in [5.74, 6) is -2.78. The van der Waals surface area contributed by atoms with Gasteiger partial charge in [0.05, 0.1) is 11.1 Å². The fraction of sp³-hybridized carbons (Fsp3) is 0.185. The van der Waals surface area contributed by atoms with Crippen LogP contribution in [0.2, 0.25) is 0 Å². The molecule has 0 spiro atoms. The summed E-state index contributed by atoms with van der Waals surface area (Å²) >= 11 is 0. The van der Waals surface area contributed by atoms with E-state index in [0.717, 1.165) is 29.8 Å². The van der Waals surface area contributed by atoms with Crippen LogP contribution in [0.15, 0.2) is 72.8 Å². The highest BCUT2D eigenvalue weighted by atomic mass is 19.3. The van der Waals surface area contributed by atoms with Gasteiger partial charge in [0.25, 0.3) is 0 Å². The number of esters is 1. The fourth-order valence-corrected chi connectivity index (χ4v) is 3.55. The number of alkyl halides is 4. The van der Waals surface area contributed by atoms with Crippen LogP contribution in [-0.4, -0.2) is 29.6 Å². The Kier molecular flexibility index (Phi) is 8.95. The van der Waals surface area contributed by atoms with Crippen LogP contribution in [0.3, 0.4) is 0 Å². The Bertz CT molecular complexity index is 1310. The fourth-order valence-electron chi connectivity index (χ4n) is 3.55. The van der Waals surface area contributed by atoms with E-state index < -0.39 is 30.2 Å². The molecule has 7 nitrogen and oxygen atoms in total. The molecular formula is C27H24F4N2O5. The van der Waals surface area contributed by atoms with E-state index in [0.29, 0.717) is 30.6 Å². The summed E-state index contributed by atoms with van der Waals surface area (Å²) < 4.78 is 60.1. The van der Waals surface area contributed by atoms with Crippen molar-refractivity contribution in [3.63, 3.8) is 0 Å². The van der Waals surface area contributed by atoms with Crippen LogP contribution in [0.1, 0.15) is 34.3 Å². The van der Waals surface area contributed by atoms with Crippen molar-refractivity contribution >= 4 is 28.9 Å². The maximum absolute atomic E-state index is 13.1. The number of nitrogen functional groups attached to an aromatic ring is 2. The summed E-state index contributed by atoms with van der Waals surface area (Å²) in [6.07, 6.45) is -5.61. The van der Waals surface area contributed by atoms with Crippen molar-refractivity contribution in [1.29, 1.82) is 0 Å². The molecule has 0 atom stereocenters. The first-order chi connectivity index (χ1) is 18.0. The van der Waals surface area contributed by atoms with Crippen LogP contribution in [0, 0.1) is 0 Å². The molecule has 0 aliphatic heterocycles. The van der Waals surface area contributed by atoms with Gasteiger partial charge in [0.15, 0.2) is 0 Å². The van der Waals surface area contributed by atoms with Crippen molar-refractivity contribution in [2.24, 2.45) is 0 Å². The number of carbonyl (C=O) groups excluding carboxylic acids is 1. The van der Waals surface area contributed by atoms with E-state index in [1.165, 1.54) is 18.2 Å². The number of nitrogens with two attached hydrogens (primary N) is 2. The number of halogens is 4. The predicted octanol–water partition coefficient (Wildman–Crippen LogP) is 5.80. The minimum absolute atomic E-state index is 0.0423. The van der Waals surface area contributed by atoms with Gasteiger partial charge in [0, 0.05) is 16.9 Å². The number of aliphatic carboxylic acids is 1. The molecule has 3 aromatic rings. The number of unbranched alkanes of at least 4 members (excludes halogenated alkanes) is 1. The smallest absolute Gasteiger partial charge is 0.461 e. The zero-order valence-corrected chi connectivity index (χ0v) is 19.9. The minimum Gasteiger partial charge on any atom is -0.478 e. The number of carbonyl (C=O) groups is 2. The molecule has 3 rings (SSSR count). The maximum atomic E-state index is 13.1. The van der Waals surface area contributed by atoms with Crippen molar-refractivity contribution < 1.29 is 41.7 Å². The van der Waals surface area contributed by atoms with Gasteiger partial charge >= 0.3 is 24.5 Å². The topological polar surface area (TPSA) is 125 Å². The number of para-hydroxylation sites is 1. The molecule has 0 bridgehead atoms. The number of anilines is 2. The van der Waals surface area contributed by atoms with E-state index >= 15 is 0 Å². The highest BCUT2D eigenvalue weighted by Crippen LogP contribution is 2.30. The average molecular weight is 532 g/mol. The third kappa shape index (κ3) is 7.48. The highest BCUT2D eigenvalue weighted by Gasteiger charge is 2.43. The second-order valence-electron chi connectivity index (χ2n) is 8.20. The van der Waals surface area contributed by atoms with Crippen LogP contribution in [-0.2, 0) is 11.2 Å². The molecule has 0 aliphatic carbocycles. The lowest BCUT2D eigenvalue weighted by molar-refractivity contribution is -0.253. The molecule has 0 fully saturated rings. The third-order valence-electron chi connectivity index (χ3n) is 5.26. The van der Waals surface area contributed by atoms with E-state index in [2.05, 4.69) is 4.74 Å². The van der Waals surface area contributed by atoms with Crippen molar-refractivity contribution in [1.82, 2.24) is 0 Å². The van der Waals surface area contributed by atoms with Crippen molar-refractivity contribution in [3.8, 4) is 11.5 Å². The molecule has 0 radical (unpaired) electrons. The second kappa shape index (κ2) is 12.1. The van der Waals surface area contributed by atoms with Gasteiger partial charge in [-0.25, -0.2) is 9.59 Å². The predicted molar refractivity (Wildman–Crippen MR) is 133 cm³/mol. The van der Waals surface area contributed by atoms with Gasteiger partial charge in [-0.1, -0.05) is 24.3 Å². The lowest BCUT2D eigenvalue weighted by Gasteiger charge is -2.16. The first-order valence-electron chi connectivity index (χ1n) is 11.3. The number of carboxylic acid groups (broad SMARTS) is 1. The largest absolute Gasteiger partial charge is 0.478 e. The molecule has 0 unspecified atom stereocenters. The number of carboxylic acids is 1. The van der Waals surface area contributed by atoms with Crippen molar-refractivity contribution in [2.45, 2.75) is 31.8 Å². The molecule has 200 valence electrons. The van der Waals surface area contributed by atoms with Gasteiger partial charge in [0.2, 0.25) is 0 Å². The monoisotopic (exact) mass is 532 g/mol. The Morgan fingerprint density at radius 3 is 2.21 bits per heavy atom. The molecule has 0 aromatic heterocycles. The first-order valence-corrected chi connectivity index (χ1v) is 11.3. The van der Waals surface area contributed by atoms with Gasteiger partial charge in [-0.05, 0) is 73.4 Å². The quantitative estimate of drug-likeness (QED) is 0.0712. The molecule has 5 N–H and O–H groups in total. The number of hydrogen-bond donors (Lipinski definition) is 3. The lowest BCUT2D eigenvalue weighted by Crippen LogP contribution is -2.33. The Balaban J connectivity index is 1.72. The van der Waals surface area contributed by atoms with E-state index in [1.54, 1.807) is 30.3 Å². The molecule has 11 heteroatoms. The molecule has 0 aliphatic rings. The molecule has 0 amide bonds. The van der Waals surface area contributed by atoms with Crippen molar-refractivity contribution in [2.75, 3.05) is 11.5 Å². The summed E-state index contributed by atoms with van der Waals surface area (Å²) in [6, 6.07) is 15.1. The normalized spacial score (nSPS) is 11.9. The number of allylic oxidation sites excluding steroid dienone is 1. The number of ether oxygens (including phenoxy) is 2. The number of aryl methyl sites for hydroxylation is 1. The van der Waals surface area contributed by atoms with Gasteiger partial charge < -0.3 is 26.0 Å². The molecule has 0 saturated heterocycles.